The zero-order chi connectivity index (χ0) is 16.2. The zero-order valence-electron chi connectivity index (χ0n) is 12.9. The van der Waals surface area contributed by atoms with Crippen LogP contribution in [0.5, 0.6) is 0 Å². The highest BCUT2D eigenvalue weighted by atomic mass is 16.2. The lowest BCUT2D eigenvalue weighted by molar-refractivity contribution is 0.101. The molecule has 116 valence electrons. The van der Waals surface area contributed by atoms with Crippen LogP contribution < -0.4 is 11.1 Å². The number of nitrogen functional groups attached to an aromatic ring is 1. The van der Waals surface area contributed by atoms with Gasteiger partial charge in [-0.25, -0.2) is 0 Å². The number of para-hydroxylation sites is 2. The fourth-order valence-electron chi connectivity index (χ4n) is 2.40. The van der Waals surface area contributed by atoms with E-state index in [1.807, 2.05) is 49.4 Å². The van der Waals surface area contributed by atoms with Gasteiger partial charge in [0.15, 0.2) is 0 Å². The molecule has 3 aromatic rings. The first-order valence-corrected chi connectivity index (χ1v) is 7.38. The Hall–Kier alpha value is -3.08. The molecule has 0 saturated carbocycles. The van der Waals surface area contributed by atoms with Crippen LogP contribution in [0.3, 0.4) is 0 Å². The van der Waals surface area contributed by atoms with Crippen LogP contribution in [0.15, 0.2) is 60.7 Å². The van der Waals surface area contributed by atoms with E-state index in [0.29, 0.717) is 23.6 Å². The lowest BCUT2D eigenvalue weighted by Gasteiger charge is -2.10. The number of nitrogens with one attached hydrogen (secondary N) is 1. The summed E-state index contributed by atoms with van der Waals surface area (Å²) in [6, 6.07) is 18.9. The maximum atomic E-state index is 12.6. The van der Waals surface area contributed by atoms with E-state index in [9.17, 15) is 4.79 Å². The summed E-state index contributed by atoms with van der Waals surface area (Å²) >= 11 is 0. The summed E-state index contributed by atoms with van der Waals surface area (Å²) in [6.07, 6.45) is 0. The molecule has 0 aliphatic carbocycles. The van der Waals surface area contributed by atoms with Crippen LogP contribution in [0.25, 0.3) is 0 Å². The summed E-state index contributed by atoms with van der Waals surface area (Å²) in [6.45, 7) is 2.41. The van der Waals surface area contributed by atoms with E-state index >= 15 is 0 Å². The van der Waals surface area contributed by atoms with E-state index in [4.69, 9.17) is 5.73 Å². The number of benzene rings is 2. The van der Waals surface area contributed by atoms with Gasteiger partial charge in [0.1, 0.15) is 5.69 Å². The number of hydrogen-bond donors (Lipinski definition) is 2. The predicted octanol–water partition coefficient (Wildman–Crippen LogP) is 3.07. The zero-order valence-corrected chi connectivity index (χ0v) is 12.9. The van der Waals surface area contributed by atoms with Crippen LogP contribution >= 0.6 is 0 Å². The number of anilines is 2. The molecule has 0 unspecified atom stereocenters. The highest BCUT2D eigenvalue weighted by Crippen LogP contribution is 2.18. The molecule has 0 aliphatic heterocycles. The molecule has 5 heteroatoms. The van der Waals surface area contributed by atoms with Crippen molar-refractivity contribution in [2.45, 2.75) is 13.5 Å². The van der Waals surface area contributed by atoms with E-state index in [0.717, 1.165) is 11.3 Å². The third kappa shape index (κ3) is 3.40. The molecule has 0 spiro atoms. The topological polar surface area (TPSA) is 72.9 Å². The number of hydrogen-bond acceptors (Lipinski definition) is 3. The van der Waals surface area contributed by atoms with E-state index in [-0.39, 0.29) is 5.91 Å². The minimum atomic E-state index is -0.223. The Morgan fingerprint density at radius 2 is 1.83 bits per heavy atom. The summed E-state index contributed by atoms with van der Waals surface area (Å²) < 4.78 is 1.71. The molecule has 23 heavy (non-hydrogen) atoms. The van der Waals surface area contributed by atoms with Crippen molar-refractivity contribution in [2.75, 3.05) is 11.1 Å². The minimum absolute atomic E-state index is 0.223. The fraction of sp³-hybridized carbons (Fsp3) is 0.111. The highest BCUT2D eigenvalue weighted by Gasteiger charge is 2.15. The van der Waals surface area contributed by atoms with Crippen molar-refractivity contribution in [3.63, 3.8) is 0 Å². The molecule has 3 rings (SSSR count). The normalized spacial score (nSPS) is 10.5. The Morgan fingerprint density at radius 1 is 1.13 bits per heavy atom. The quantitative estimate of drug-likeness (QED) is 0.728. The van der Waals surface area contributed by atoms with Gasteiger partial charge in [0, 0.05) is 0 Å². The minimum Gasteiger partial charge on any atom is -0.397 e. The van der Waals surface area contributed by atoms with E-state index < -0.39 is 0 Å². The molecule has 0 fully saturated rings. The second-order valence-electron chi connectivity index (χ2n) is 5.36. The number of nitrogens with zero attached hydrogens (tertiary/aromatic N) is 2. The molecule has 2 aromatic carbocycles. The Morgan fingerprint density at radius 3 is 2.57 bits per heavy atom. The lowest BCUT2D eigenvalue weighted by Crippen LogP contribution is -2.19. The first kappa shape index (κ1) is 14.8. The summed E-state index contributed by atoms with van der Waals surface area (Å²) in [7, 11) is 0. The van der Waals surface area contributed by atoms with Crippen molar-refractivity contribution in [2.24, 2.45) is 0 Å². The molecule has 0 saturated heterocycles. The van der Waals surface area contributed by atoms with Gasteiger partial charge < -0.3 is 11.1 Å². The number of aromatic nitrogens is 2. The molecular formula is C18H18N4O. The van der Waals surface area contributed by atoms with E-state index in [1.54, 1.807) is 22.9 Å². The number of carbonyl (C=O) groups excluding carboxylic acids is 1. The van der Waals surface area contributed by atoms with Crippen molar-refractivity contribution < 1.29 is 4.79 Å². The third-order valence-corrected chi connectivity index (χ3v) is 3.52. The summed E-state index contributed by atoms with van der Waals surface area (Å²) in [4.78, 5) is 12.6. The summed E-state index contributed by atoms with van der Waals surface area (Å²) in [5, 5.41) is 7.26. The van der Waals surface area contributed by atoms with Crippen LogP contribution in [-0.4, -0.2) is 15.7 Å². The molecule has 1 amide bonds. The lowest BCUT2D eigenvalue weighted by atomic mass is 10.2. The molecule has 3 N–H and O–H groups in total. The van der Waals surface area contributed by atoms with Gasteiger partial charge in [0.2, 0.25) is 0 Å². The van der Waals surface area contributed by atoms with Crippen LogP contribution in [0.4, 0.5) is 11.4 Å². The van der Waals surface area contributed by atoms with Gasteiger partial charge in [0.25, 0.3) is 5.91 Å². The molecule has 1 heterocycles. The predicted molar refractivity (Wildman–Crippen MR) is 91.3 cm³/mol. The molecule has 1 aromatic heterocycles. The third-order valence-electron chi connectivity index (χ3n) is 3.52. The summed E-state index contributed by atoms with van der Waals surface area (Å²) in [5.74, 6) is -0.223. The van der Waals surface area contributed by atoms with Gasteiger partial charge in [-0.1, -0.05) is 42.5 Å². The average Bonchev–Trinajstić information content (AvgIpc) is 2.91. The fourth-order valence-corrected chi connectivity index (χ4v) is 2.40. The summed E-state index contributed by atoms with van der Waals surface area (Å²) in [5.41, 5.74) is 9.40. The number of aryl methyl sites for hydroxylation is 1. The standard InChI is InChI=1S/C18H18N4O/c1-13-11-17(18(23)20-16-10-6-5-9-15(16)19)22(21-13)12-14-7-3-2-4-8-14/h2-11H,12,19H2,1H3,(H,20,23). The molecule has 0 bridgehead atoms. The number of rotatable bonds is 4. The van der Waals surface area contributed by atoms with Gasteiger partial charge in [-0.2, -0.15) is 5.10 Å². The van der Waals surface area contributed by atoms with Crippen molar-refractivity contribution in [1.82, 2.24) is 9.78 Å². The number of amides is 1. The Labute approximate surface area is 134 Å². The Bertz CT molecular complexity index is 824. The molecular weight excluding hydrogens is 288 g/mol. The largest absolute Gasteiger partial charge is 0.397 e. The van der Waals surface area contributed by atoms with E-state index in [1.165, 1.54) is 0 Å². The molecule has 0 radical (unpaired) electrons. The Balaban J connectivity index is 1.85. The van der Waals surface area contributed by atoms with Gasteiger partial charge in [-0.05, 0) is 30.7 Å². The van der Waals surface area contributed by atoms with Crippen LogP contribution in [0.2, 0.25) is 0 Å². The van der Waals surface area contributed by atoms with Crippen molar-refractivity contribution >= 4 is 17.3 Å². The monoisotopic (exact) mass is 306 g/mol. The molecule has 5 nitrogen and oxygen atoms in total. The first-order valence-electron chi connectivity index (χ1n) is 7.38. The maximum absolute atomic E-state index is 12.6. The SMILES string of the molecule is Cc1cc(C(=O)Nc2ccccc2N)n(Cc2ccccc2)n1. The number of nitrogens with two attached hydrogens (primary N) is 1. The highest BCUT2D eigenvalue weighted by molar-refractivity contribution is 6.04. The number of carbonyl (C=O) groups is 1. The molecule has 0 aliphatic rings. The average molecular weight is 306 g/mol. The van der Waals surface area contributed by atoms with Crippen molar-refractivity contribution in [3.05, 3.63) is 77.6 Å². The van der Waals surface area contributed by atoms with Crippen molar-refractivity contribution in [1.29, 1.82) is 0 Å². The maximum Gasteiger partial charge on any atom is 0.274 e. The van der Waals surface area contributed by atoms with Gasteiger partial charge in [-0.3, -0.25) is 9.48 Å². The smallest absolute Gasteiger partial charge is 0.274 e. The second kappa shape index (κ2) is 6.36. The van der Waals surface area contributed by atoms with Crippen molar-refractivity contribution in [3.8, 4) is 0 Å². The van der Waals surface area contributed by atoms with Gasteiger partial charge >= 0.3 is 0 Å². The van der Waals surface area contributed by atoms with E-state index in [2.05, 4.69) is 10.4 Å². The van der Waals surface area contributed by atoms with Gasteiger partial charge in [0.05, 0.1) is 23.6 Å². The van der Waals surface area contributed by atoms with Crippen LogP contribution in [0.1, 0.15) is 21.7 Å². The Kier molecular flexibility index (Phi) is 4.10. The second-order valence-corrected chi connectivity index (χ2v) is 5.36. The first-order chi connectivity index (χ1) is 11.1. The molecule has 0 atom stereocenters. The van der Waals surface area contributed by atoms with Crippen LogP contribution in [-0.2, 0) is 6.54 Å². The van der Waals surface area contributed by atoms with Crippen LogP contribution in [0, 0.1) is 6.92 Å². The van der Waals surface area contributed by atoms with Gasteiger partial charge in [-0.15, -0.1) is 0 Å².